The fraction of sp³-hybridized carbons (Fsp3) is 0.833. The zero-order chi connectivity index (χ0) is 13.2. The highest BCUT2D eigenvalue weighted by molar-refractivity contribution is 5.86. The van der Waals surface area contributed by atoms with Crippen molar-refractivity contribution in [3.63, 3.8) is 0 Å². The molecule has 1 saturated carbocycles. The molecule has 102 valence electrons. The highest BCUT2D eigenvalue weighted by atomic mass is 16.2. The molecule has 6 nitrogen and oxygen atoms in total. The molecule has 3 N–H and O–H groups in total. The summed E-state index contributed by atoms with van der Waals surface area (Å²) in [5.74, 6) is -0.0778. The van der Waals surface area contributed by atoms with Crippen LogP contribution in [0, 0.1) is 0 Å². The van der Waals surface area contributed by atoms with Gasteiger partial charge < -0.3 is 15.5 Å². The smallest absolute Gasteiger partial charge is 0.239 e. The minimum atomic E-state index is -0.304. The average molecular weight is 254 g/mol. The molecule has 0 aromatic heterocycles. The lowest BCUT2D eigenvalue weighted by atomic mass is 9.75. The summed E-state index contributed by atoms with van der Waals surface area (Å²) in [5.41, 5.74) is 0.133. The topological polar surface area (TPSA) is 73.5 Å². The third-order valence-corrected chi connectivity index (χ3v) is 4.15. The summed E-state index contributed by atoms with van der Waals surface area (Å²) in [6, 6.07) is -0.304. The van der Waals surface area contributed by atoms with Gasteiger partial charge in [0.25, 0.3) is 0 Å². The van der Waals surface area contributed by atoms with E-state index in [2.05, 4.69) is 34.9 Å². The molecule has 18 heavy (non-hydrogen) atoms. The minimum Gasteiger partial charge on any atom is -0.353 e. The lowest BCUT2D eigenvalue weighted by Gasteiger charge is -2.47. The van der Waals surface area contributed by atoms with Crippen molar-refractivity contribution in [2.45, 2.75) is 30.8 Å². The molecule has 2 aliphatic rings. The fourth-order valence-corrected chi connectivity index (χ4v) is 2.49. The van der Waals surface area contributed by atoms with Crippen LogP contribution in [0.2, 0.25) is 0 Å². The van der Waals surface area contributed by atoms with Crippen molar-refractivity contribution >= 4 is 11.8 Å². The van der Waals surface area contributed by atoms with E-state index in [-0.39, 0.29) is 29.9 Å². The van der Waals surface area contributed by atoms with Crippen LogP contribution in [0.1, 0.15) is 19.3 Å². The molecule has 1 unspecified atom stereocenters. The van der Waals surface area contributed by atoms with Gasteiger partial charge in [-0.3, -0.25) is 14.9 Å². The van der Waals surface area contributed by atoms with E-state index >= 15 is 0 Å². The maximum atomic E-state index is 12.0. The molecule has 0 aromatic rings. The van der Waals surface area contributed by atoms with Gasteiger partial charge in [-0.15, -0.1) is 0 Å². The average Bonchev–Trinajstić information content (AvgIpc) is 2.27. The molecule has 1 heterocycles. The van der Waals surface area contributed by atoms with Crippen molar-refractivity contribution in [1.82, 2.24) is 20.9 Å². The van der Waals surface area contributed by atoms with Crippen LogP contribution in [0.25, 0.3) is 0 Å². The summed E-state index contributed by atoms with van der Waals surface area (Å²) in [4.78, 5) is 25.2. The lowest BCUT2D eigenvalue weighted by molar-refractivity contribution is -0.127. The molecular formula is C12H22N4O2. The van der Waals surface area contributed by atoms with Gasteiger partial charge in [0.15, 0.2) is 0 Å². The quantitative estimate of drug-likeness (QED) is 0.581. The van der Waals surface area contributed by atoms with Crippen LogP contribution in [-0.2, 0) is 9.59 Å². The molecule has 1 atom stereocenters. The van der Waals surface area contributed by atoms with E-state index in [9.17, 15) is 9.59 Å². The Morgan fingerprint density at radius 2 is 2.22 bits per heavy atom. The first kappa shape index (κ1) is 13.3. The number of nitrogens with zero attached hydrogens (tertiary/aromatic N) is 1. The molecule has 2 amide bonds. The van der Waals surface area contributed by atoms with Crippen molar-refractivity contribution in [1.29, 1.82) is 0 Å². The number of rotatable bonds is 4. The normalized spacial score (nSPS) is 26.4. The van der Waals surface area contributed by atoms with E-state index in [0.717, 1.165) is 12.8 Å². The number of likely N-dealkylation sites (N-methyl/N-ethyl adjacent to an activating group) is 1. The Kier molecular flexibility index (Phi) is 3.87. The van der Waals surface area contributed by atoms with Crippen LogP contribution in [0.15, 0.2) is 0 Å². The number of carbonyl (C=O) groups excluding carboxylic acids is 2. The van der Waals surface area contributed by atoms with E-state index in [1.54, 1.807) is 0 Å². The van der Waals surface area contributed by atoms with E-state index in [0.29, 0.717) is 13.1 Å². The van der Waals surface area contributed by atoms with E-state index in [1.807, 2.05) is 0 Å². The molecule has 0 radical (unpaired) electrons. The zero-order valence-electron chi connectivity index (χ0n) is 11.1. The van der Waals surface area contributed by atoms with Gasteiger partial charge in [0.05, 0.1) is 6.54 Å². The summed E-state index contributed by atoms with van der Waals surface area (Å²) < 4.78 is 0. The molecule has 0 bridgehead atoms. The van der Waals surface area contributed by atoms with E-state index in [4.69, 9.17) is 0 Å². The van der Waals surface area contributed by atoms with Gasteiger partial charge in [-0.05, 0) is 33.4 Å². The van der Waals surface area contributed by atoms with Crippen LogP contribution in [0.4, 0.5) is 0 Å². The Morgan fingerprint density at radius 3 is 2.67 bits per heavy atom. The highest BCUT2D eigenvalue weighted by Crippen LogP contribution is 2.35. The van der Waals surface area contributed by atoms with Crippen LogP contribution >= 0.6 is 0 Å². The first-order chi connectivity index (χ1) is 8.53. The predicted molar refractivity (Wildman–Crippen MR) is 68.1 cm³/mol. The van der Waals surface area contributed by atoms with Crippen molar-refractivity contribution in [3.05, 3.63) is 0 Å². The minimum absolute atomic E-state index is 0.0249. The first-order valence-electron chi connectivity index (χ1n) is 6.49. The number of hydrogen-bond donors (Lipinski definition) is 3. The first-order valence-corrected chi connectivity index (χ1v) is 6.49. The second kappa shape index (κ2) is 5.24. The number of nitrogens with one attached hydrogen (secondary N) is 3. The zero-order valence-corrected chi connectivity index (χ0v) is 11.1. The maximum Gasteiger partial charge on any atom is 0.239 e. The monoisotopic (exact) mass is 254 g/mol. The molecular weight excluding hydrogens is 232 g/mol. The van der Waals surface area contributed by atoms with Gasteiger partial charge in [0, 0.05) is 18.6 Å². The Balaban J connectivity index is 1.79. The molecule has 1 aliphatic carbocycles. The molecule has 2 rings (SSSR count). The number of piperazine rings is 1. The lowest BCUT2D eigenvalue weighted by Crippen LogP contribution is -2.62. The number of carbonyl (C=O) groups is 2. The number of hydrogen-bond acceptors (Lipinski definition) is 4. The Bertz CT molecular complexity index is 329. The standard InChI is InChI=1S/C12H22N4O2/c1-16(2)12(4-3-5-12)8-15-11(18)9-6-14-10(17)7-13-9/h9,13H,3-8H2,1-2H3,(H,14,17)(H,15,18). The largest absolute Gasteiger partial charge is 0.353 e. The van der Waals surface area contributed by atoms with Crippen molar-refractivity contribution in [2.75, 3.05) is 33.7 Å². The van der Waals surface area contributed by atoms with Crippen LogP contribution in [0.3, 0.4) is 0 Å². The van der Waals surface area contributed by atoms with Crippen LogP contribution in [-0.4, -0.2) is 62.0 Å². The van der Waals surface area contributed by atoms with Crippen molar-refractivity contribution in [3.8, 4) is 0 Å². The summed E-state index contributed by atoms with van der Waals surface area (Å²) in [7, 11) is 4.12. The number of amides is 2. The van der Waals surface area contributed by atoms with Crippen LogP contribution < -0.4 is 16.0 Å². The van der Waals surface area contributed by atoms with Crippen molar-refractivity contribution < 1.29 is 9.59 Å². The molecule has 6 heteroatoms. The third kappa shape index (κ3) is 2.64. The van der Waals surface area contributed by atoms with Gasteiger partial charge in [-0.1, -0.05) is 0 Å². The molecule has 0 aromatic carbocycles. The maximum absolute atomic E-state index is 12.0. The fourth-order valence-electron chi connectivity index (χ4n) is 2.49. The summed E-state index contributed by atoms with van der Waals surface area (Å²) in [6.07, 6.45) is 3.50. The SMILES string of the molecule is CN(C)C1(CNC(=O)C2CNC(=O)CN2)CCC1. The molecule has 1 saturated heterocycles. The van der Waals surface area contributed by atoms with Crippen LogP contribution in [0.5, 0.6) is 0 Å². The second-order valence-corrected chi connectivity index (χ2v) is 5.43. The van der Waals surface area contributed by atoms with E-state index < -0.39 is 0 Å². The van der Waals surface area contributed by atoms with Crippen molar-refractivity contribution in [2.24, 2.45) is 0 Å². The molecule has 2 fully saturated rings. The highest BCUT2D eigenvalue weighted by Gasteiger charge is 2.39. The van der Waals surface area contributed by atoms with E-state index in [1.165, 1.54) is 6.42 Å². The predicted octanol–water partition coefficient (Wildman–Crippen LogP) is -1.33. The summed E-state index contributed by atoms with van der Waals surface area (Å²) >= 11 is 0. The van der Waals surface area contributed by atoms with Gasteiger partial charge in [0.2, 0.25) is 11.8 Å². The van der Waals surface area contributed by atoms with Gasteiger partial charge >= 0.3 is 0 Å². The Hall–Kier alpha value is -1.14. The molecule has 1 aliphatic heterocycles. The third-order valence-electron chi connectivity index (χ3n) is 4.15. The Labute approximate surface area is 107 Å². The summed E-state index contributed by atoms with van der Waals surface area (Å²) in [6.45, 7) is 1.28. The second-order valence-electron chi connectivity index (χ2n) is 5.43. The Morgan fingerprint density at radius 1 is 1.50 bits per heavy atom. The molecule has 0 spiro atoms. The van der Waals surface area contributed by atoms with Gasteiger partial charge in [-0.25, -0.2) is 0 Å². The van der Waals surface area contributed by atoms with Gasteiger partial charge in [-0.2, -0.15) is 0 Å². The van der Waals surface area contributed by atoms with Gasteiger partial charge in [0.1, 0.15) is 6.04 Å². The summed E-state index contributed by atoms with van der Waals surface area (Å²) in [5, 5.41) is 8.62.